The molecule has 3 heteroatoms. The van der Waals surface area contributed by atoms with E-state index in [9.17, 15) is 4.79 Å². The summed E-state index contributed by atoms with van der Waals surface area (Å²) in [5.74, 6) is -0.695. The number of hydrogen-bond donors (Lipinski definition) is 1. The van der Waals surface area contributed by atoms with Crippen molar-refractivity contribution in [3.8, 4) is 0 Å². The Hall–Kier alpha value is -1.61. The van der Waals surface area contributed by atoms with Crippen LogP contribution < -0.4 is 0 Å². The van der Waals surface area contributed by atoms with Gasteiger partial charge in [0.25, 0.3) is 0 Å². The van der Waals surface area contributed by atoms with Gasteiger partial charge >= 0.3 is 5.97 Å². The van der Waals surface area contributed by atoms with Gasteiger partial charge in [-0.3, -0.25) is 4.79 Å². The average Bonchev–Trinajstić information content (AvgIpc) is 3.33. The van der Waals surface area contributed by atoms with E-state index >= 15 is 0 Å². The van der Waals surface area contributed by atoms with Crippen LogP contribution in [0.5, 0.6) is 0 Å². The lowest BCUT2D eigenvalue weighted by atomic mass is 10.1. The van der Waals surface area contributed by atoms with Crippen molar-refractivity contribution in [2.75, 3.05) is 0 Å². The number of unbranched alkanes of at least 4 members (excludes halogenated alkanes) is 2. The molecule has 0 aromatic rings. The van der Waals surface area contributed by atoms with Crippen molar-refractivity contribution < 1.29 is 14.6 Å². The molecule has 1 aliphatic heterocycles. The third kappa shape index (κ3) is 13.4. The molecule has 0 radical (unpaired) electrons. The quantitative estimate of drug-likeness (QED) is 0.225. The molecule has 1 saturated heterocycles. The van der Waals surface area contributed by atoms with E-state index in [1.165, 1.54) is 0 Å². The summed E-state index contributed by atoms with van der Waals surface area (Å²) in [6.07, 6.45) is 27.7. The van der Waals surface area contributed by atoms with Crippen molar-refractivity contribution in [2.45, 2.75) is 83.3 Å². The van der Waals surface area contributed by atoms with Gasteiger partial charge in [0.05, 0.1) is 12.2 Å². The molecule has 1 heterocycles. The molecule has 2 atom stereocenters. The molecule has 0 amide bonds. The maximum Gasteiger partial charge on any atom is 0.303 e. The molecule has 0 aromatic carbocycles. The number of ether oxygens (including phenoxy) is 1. The number of rotatable bonds is 15. The third-order valence-electron chi connectivity index (χ3n) is 4.15. The molecule has 25 heavy (non-hydrogen) atoms. The first-order chi connectivity index (χ1) is 12.2. The minimum Gasteiger partial charge on any atom is -0.481 e. The predicted octanol–water partition coefficient (Wildman–Crippen LogP) is 5.98. The number of carboxylic acids is 1. The van der Waals surface area contributed by atoms with Gasteiger partial charge in [0.2, 0.25) is 0 Å². The SMILES string of the molecule is CCC=CCC=CCC=CCC=CC[C@H]1O[C@H]1CCCCCC(=O)O. The van der Waals surface area contributed by atoms with E-state index in [0.29, 0.717) is 12.2 Å². The summed E-state index contributed by atoms with van der Waals surface area (Å²) in [4.78, 5) is 10.4. The summed E-state index contributed by atoms with van der Waals surface area (Å²) in [7, 11) is 0. The Kier molecular flexibility index (Phi) is 12.6. The van der Waals surface area contributed by atoms with Crippen LogP contribution in [0.4, 0.5) is 0 Å². The fraction of sp³-hybridized carbons (Fsp3) is 0.591. The Morgan fingerprint density at radius 3 is 2.04 bits per heavy atom. The molecule has 0 bridgehead atoms. The fourth-order valence-electron chi connectivity index (χ4n) is 2.65. The highest BCUT2D eigenvalue weighted by Gasteiger charge is 2.36. The predicted molar refractivity (Wildman–Crippen MR) is 105 cm³/mol. The zero-order valence-electron chi connectivity index (χ0n) is 15.6. The summed E-state index contributed by atoms with van der Waals surface area (Å²) < 4.78 is 5.64. The van der Waals surface area contributed by atoms with Crippen LogP contribution in [-0.4, -0.2) is 23.3 Å². The first-order valence-electron chi connectivity index (χ1n) is 9.71. The summed E-state index contributed by atoms with van der Waals surface area (Å²) in [6.45, 7) is 2.15. The molecule has 0 saturated carbocycles. The standard InChI is InChI=1S/C22H34O3/c1-2-3-4-5-6-7-8-9-10-11-12-14-17-20-21(25-20)18-15-13-16-19-22(23)24/h3-4,6-7,9-10,12,14,20-21H,2,5,8,11,13,15-19H2,1H3,(H,23,24)/t20-,21+/m1/s1. The second kappa shape index (κ2) is 14.7. The lowest BCUT2D eigenvalue weighted by Gasteiger charge is -1.96. The molecule has 1 aliphatic rings. The number of carboxylic acid groups (broad SMARTS) is 1. The third-order valence-corrected chi connectivity index (χ3v) is 4.15. The summed E-state index contributed by atoms with van der Waals surface area (Å²) in [5, 5.41) is 8.57. The van der Waals surface area contributed by atoms with Crippen molar-refractivity contribution >= 4 is 5.97 Å². The smallest absolute Gasteiger partial charge is 0.303 e. The first-order valence-corrected chi connectivity index (χ1v) is 9.71. The van der Waals surface area contributed by atoms with Crippen LogP contribution in [-0.2, 0) is 9.53 Å². The van der Waals surface area contributed by atoms with Crippen LogP contribution in [0.1, 0.15) is 71.1 Å². The van der Waals surface area contributed by atoms with Gasteiger partial charge in [-0.05, 0) is 44.9 Å². The number of aliphatic carboxylic acids is 1. The van der Waals surface area contributed by atoms with Crippen molar-refractivity contribution in [2.24, 2.45) is 0 Å². The maximum atomic E-state index is 10.4. The zero-order valence-corrected chi connectivity index (χ0v) is 15.6. The van der Waals surface area contributed by atoms with Crippen molar-refractivity contribution in [3.05, 3.63) is 48.6 Å². The molecule has 0 aliphatic carbocycles. The average molecular weight is 347 g/mol. The van der Waals surface area contributed by atoms with Crippen LogP contribution in [0.3, 0.4) is 0 Å². The van der Waals surface area contributed by atoms with Crippen molar-refractivity contribution in [1.29, 1.82) is 0 Å². The molecular formula is C22H34O3. The molecule has 0 aromatic heterocycles. The highest BCUT2D eigenvalue weighted by molar-refractivity contribution is 5.66. The summed E-state index contributed by atoms with van der Waals surface area (Å²) >= 11 is 0. The van der Waals surface area contributed by atoms with E-state index in [2.05, 4.69) is 55.5 Å². The lowest BCUT2D eigenvalue weighted by Crippen LogP contribution is -1.95. The topological polar surface area (TPSA) is 49.8 Å². The normalized spacial score (nSPS) is 20.5. The maximum absolute atomic E-state index is 10.4. The van der Waals surface area contributed by atoms with Crippen LogP contribution in [0, 0.1) is 0 Å². The van der Waals surface area contributed by atoms with Crippen LogP contribution in [0.25, 0.3) is 0 Å². The molecule has 1 fully saturated rings. The molecule has 140 valence electrons. The number of allylic oxidation sites excluding steroid dienone is 7. The van der Waals surface area contributed by atoms with Crippen molar-refractivity contribution in [3.63, 3.8) is 0 Å². The van der Waals surface area contributed by atoms with Gasteiger partial charge in [-0.15, -0.1) is 0 Å². The summed E-state index contributed by atoms with van der Waals surface area (Å²) in [5.41, 5.74) is 0. The van der Waals surface area contributed by atoms with Gasteiger partial charge in [0.15, 0.2) is 0 Å². The molecule has 0 spiro atoms. The Morgan fingerprint density at radius 1 is 0.840 bits per heavy atom. The van der Waals surface area contributed by atoms with Gasteiger partial charge in [0, 0.05) is 6.42 Å². The van der Waals surface area contributed by atoms with E-state index < -0.39 is 5.97 Å². The Morgan fingerprint density at radius 2 is 1.44 bits per heavy atom. The van der Waals surface area contributed by atoms with Crippen molar-refractivity contribution in [1.82, 2.24) is 0 Å². The van der Waals surface area contributed by atoms with Crippen LogP contribution >= 0.6 is 0 Å². The fourth-order valence-corrected chi connectivity index (χ4v) is 2.65. The highest BCUT2D eigenvalue weighted by atomic mass is 16.6. The second-order valence-electron chi connectivity index (χ2n) is 6.44. The minimum absolute atomic E-state index is 0.289. The minimum atomic E-state index is -0.695. The van der Waals surface area contributed by atoms with E-state index in [4.69, 9.17) is 9.84 Å². The lowest BCUT2D eigenvalue weighted by molar-refractivity contribution is -0.137. The largest absolute Gasteiger partial charge is 0.481 e. The molecule has 1 N–H and O–H groups in total. The van der Waals surface area contributed by atoms with Gasteiger partial charge < -0.3 is 9.84 Å². The van der Waals surface area contributed by atoms with Gasteiger partial charge in [-0.1, -0.05) is 68.4 Å². The molecule has 1 rings (SSSR count). The van der Waals surface area contributed by atoms with Gasteiger partial charge in [-0.2, -0.15) is 0 Å². The Balaban J connectivity index is 1.91. The van der Waals surface area contributed by atoms with Gasteiger partial charge in [0.1, 0.15) is 0 Å². The molecule has 3 nitrogen and oxygen atoms in total. The van der Waals surface area contributed by atoms with E-state index in [0.717, 1.165) is 57.8 Å². The van der Waals surface area contributed by atoms with Crippen LogP contribution in [0.15, 0.2) is 48.6 Å². The number of hydrogen-bond acceptors (Lipinski definition) is 2. The Bertz CT molecular complexity index is 460. The van der Waals surface area contributed by atoms with E-state index in [1.807, 2.05) is 0 Å². The monoisotopic (exact) mass is 346 g/mol. The zero-order chi connectivity index (χ0) is 18.2. The molecule has 0 unspecified atom stereocenters. The number of epoxide rings is 1. The second-order valence-corrected chi connectivity index (χ2v) is 6.44. The van der Waals surface area contributed by atoms with E-state index in [-0.39, 0.29) is 6.42 Å². The Labute approximate surface area is 153 Å². The molecular weight excluding hydrogens is 312 g/mol. The van der Waals surface area contributed by atoms with Crippen LogP contribution in [0.2, 0.25) is 0 Å². The van der Waals surface area contributed by atoms with E-state index in [1.54, 1.807) is 0 Å². The number of carbonyl (C=O) groups is 1. The highest BCUT2D eigenvalue weighted by Crippen LogP contribution is 2.30. The first kappa shape index (κ1) is 21.4. The summed E-state index contributed by atoms with van der Waals surface area (Å²) in [6, 6.07) is 0. The van der Waals surface area contributed by atoms with Gasteiger partial charge in [-0.25, -0.2) is 0 Å².